The molecule has 0 radical (unpaired) electrons. The zero-order chi connectivity index (χ0) is 16.9. The second-order valence-corrected chi connectivity index (χ2v) is 8.35. The molecule has 1 amide bonds. The number of thioether (sulfide) groups is 1. The highest BCUT2D eigenvalue weighted by atomic mass is 32.2. The van der Waals surface area contributed by atoms with Crippen molar-refractivity contribution in [3.63, 3.8) is 0 Å². The maximum atomic E-state index is 12.4. The summed E-state index contributed by atoms with van der Waals surface area (Å²) in [6.07, 6.45) is 0. The van der Waals surface area contributed by atoms with Crippen molar-refractivity contribution in [1.82, 2.24) is 9.80 Å². The van der Waals surface area contributed by atoms with Gasteiger partial charge in [-0.15, -0.1) is 23.1 Å². The Hall–Kier alpha value is -1.30. The Morgan fingerprint density at radius 2 is 1.92 bits per heavy atom. The molecule has 1 aliphatic rings. The maximum absolute atomic E-state index is 12.4. The third-order valence-corrected chi connectivity index (χ3v) is 6.36. The van der Waals surface area contributed by atoms with Crippen LogP contribution in [-0.2, 0) is 11.3 Å². The highest BCUT2D eigenvalue weighted by Gasteiger charge is 2.21. The first-order valence-corrected chi connectivity index (χ1v) is 10.2. The molecule has 1 aromatic carbocycles. The van der Waals surface area contributed by atoms with Crippen LogP contribution >= 0.6 is 23.1 Å². The lowest BCUT2D eigenvalue weighted by atomic mass is 10.1. The Balaban J connectivity index is 1.44. The number of piperazine rings is 1. The largest absolute Gasteiger partial charge is 0.339 e. The van der Waals surface area contributed by atoms with Crippen molar-refractivity contribution in [2.75, 3.05) is 31.9 Å². The van der Waals surface area contributed by atoms with Crippen LogP contribution in [0.1, 0.15) is 16.0 Å². The van der Waals surface area contributed by atoms with Gasteiger partial charge >= 0.3 is 0 Å². The Morgan fingerprint density at radius 3 is 2.58 bits per heavy atom. The molecule has 0 N–H and O–H groups in total. The molecule has 0 unspecified atom stereocenters. The first-order valence-electron chi connectivity index (χ1n) is 8.34. The van der Waals surface area contributed by atoms with Crippen LogP contribution in [0.2, 0.25) is 0 Å². The Morgan fingerprint density at radius 1 is 1.12 bits per heavy atom. The molecule has 0 atom stereocenters. The molecule has 3 nitrogen and oxygen atoms in total. The third kappa shape index (κ3) is 4.62. The van der Waals surface area contributed by atoms with Crippen LogP contribution in [0.3, 0.4) is 0 Å². The summed E-state index contributed by atoms with van der Waals surface area (Å²) in [5.41, 5.74) is 2.59. The molecule has 1 fully saturated rings. The van der Waals surface area contributed by atoms with Gasteiger partial charge in [-0.3, -0.25) is 9.69 Å². The Kier molecular flexibility index (Phi) is 5.98. The van der Waals surface area contributed by atoms with Crippen molar-refractivity contribution in [3.8, 4) is 0 Å². The van der Waals surface area contributed by atoms with Crippen LogP contribution in [0, 0.1) is 13.8 Å². The van der Waals surface area contributed by atoms with Crippen molar-refractivity contribution in [2.45, 2.75) is 25.3 Å². The summed E-state index contributed by atoms with van der Waals surface area (Å²) >= 11 is 3.45. The van der Waals surface area contributed by atoms with Crippen molar-refractivity contribution < 1.29 is 4.79 Å². The van der Waals surface area contributed by atoms with Gasteiger partial charge in [-0.2, -0.15) is 0 Å². The molecule has 5 heteroatoms. The monoisotopic (exact) mass is 360 g/mol. The van der Waals surface area contributed by atoms with E-state index in [1.165, 1.54) is 20.9 Å². The highest BCUT2D eigenvalue weighted by Crippen LogP contribution is 2.22. The van der Waals surface area contributed by atoms with Crippen LogP contribution in [0.25, 0.3) is 0 Å². The van der Waals surface area contributed by atoms with Gasteiger partial charge in [0.25, 0.3) is 0 Å². The van der Waals surface area contributed by atoms with E-state index in [9.17, 15) is 4.79 Å². The molecule has 3 rings (SSSR count). The fourth-order valence-corrected chi connectivity index (χ4v) is 4.46. The van der Waals surface area contributed by atoms with Gasteiger partial charge in [-0.05, 0) is 48.6 Å². The van der Waals surface area contributed by atoms with E-state index in [2.05, 4.69) is 54.5 Å². The number of benzene rings is 1. The number of nitrogens with zero attached hydrogens (tertiary/aromatic N) is 2. The smallest absolute Gasteiger partial charge is 0.233 e. The Bertz CT molecular complexity index is 677. The number of carbonyl (C=O) groups excluding carboxylic acids is 1. The second-order valence-electron chi connectivity index (χ2n) is 6.27. The molecule has 0 spiro atoms. The molecule has 2 heterocycles. The quantitative estimate of drug-likeness (QED) is 0.758. The predicted molar refractivity (Wildman–Crippen MR) is 103 cm³/mol. The summed E-state index contributed by atoms with van der Waals surface area (Å²) < 4.78 is 0. The maximum Gasteiger partial charge on any atom is 0.233 e. The topological polar surface area (TPSA) is 23.6 Å². The fourth-order valence-electron chi connectivity index (χ4n) is 2.82. The van der Waals surface area contributed by atoms with Crippen molar-refractivity contribution >= 4 is 29.0 Å². The molecule has 0 saturated carbocycles. The van der Waals surface area contributed by atoms with Crippen molar-refractivity contribution in [3.05, 3.63) is 51.7 Å². The first kappa shape index (κ1) is 17.5. The van der Waals surface area contributed by atoms with E-state index in [-0.39, 0.29) is 5.91 Å². The third-order valence-electron chi connectivity index (χ3n) is 4.53. The number of aryl methyl sites for hydroxylation is 2. The standard InChI is InChI=1S/C19H24N2OS2/c1-15-5-6-17(12-16(15)2)24-14-19(22)21-9-7-20(8-10-21)13-18-4-3-11-23-18/h3-6,11-12H,7-10,13-14H2,1-2H3. The number of amides is 1. The number of hydrogen-bond acceptors (Lipinski definition) is 4. The number of hydrogen-bond donors (Lipinski definition) is 0. The molecular formula is C19H24N2OS2. The predicted octanol–water partition coefficient (Wildman–Crippen LogP) is 3.80. The van der Waals surface area contributed by atoms with Crippen LogP contribution < -0.4 is 0 Å². The van der Waals surface area contributed by atoms with E-state index in [0.717, 1.165) is 32.7 Å². The van der Waals surface area contributed by atoms with E-state index >= 15 is 0 Å². The summed E-state index contributed by atoms with van der Waals surface area (Å²) in [7, 11) is 0. The lowest BCUT2D eigenvalue weighted by Crippen LogP contribution is -2.48. The summed E-state index contributed by atoms with van der Waals surface area (Å²) in [4.78, 5) is 19.5. The summed E-state index contributed by atoms with van der Waals surface area (Å²) in [5.74, 6) is 0.793. The molecule has 0 aliphatic carbocycles. The molecule has 0 bridgehead atoms. The average Bonchev–Trinajstić information content (AvgIpc) is 3.09. The normalized spacial score (nSPS) is 15.7. The first-order chi connectivity index (χ1) is 11.6. The van der Waals surface area contributed by atoms with E-state index in [1.54, 1.807) is 23.1 Å². The second kappa shape index (κ2) is 8.19. The van der Waals surface area contributed by atoms with E-state index in [0.29, 0.717) is 5.75 Å². The van der Waals surface area contributed by atoms with Gasteiger partial charge in [-0.25, -0.2) is 0 Å². The van der Waals surface area contributed by atoms with Crippen molar-refractivity contribution in [1.29, 1.82) is 0 Å². The molecule has 1 aliphatic heterocycles. The minimum atomic E-state index is 0.258. The van der Waals surface area contributed by atoms with Gasteiger partial charge in [0.15, 0.2) is 0 Å². The molecule has 128 valence electrons. The van der Waals surface area contributed by atoms with Crippen LogP contribution in [0.5, 0.6) is 0 Å². The number of carbonyl (C=O) groups is 1. The highest BCUT2D eigenvalue weighted by molar-refractivity contribution is 8.00. The number of thiophene rings is 1. The summed E-state index contributed by atoms with van der Waals surface area (Å²) in [6, 6.07) is 10.7. The van der Waals surface area contributed by atoms with Crippen LogP contribution in [0.4, 0.5) is 0 Å². The van der Waals surface area contributed by atoms with E-state index in [1.807, 2.05) is 4.90 Å². The zero-order valence-corrected chi connectivity index (χ0v) is 16.0. The average molecular weight is 361 g/mol. The van der Waals surface area contributed by atoms with Gasteiger partial charge < -0.3 is 4.90 Å². The summed E-state index contributed by atoms with van der Waals surface area (Å²) in [5, 5.41) is 2.12. The SMILES string of the molecule is Cc1ccc(SCC(=O)N2CCN(Cc3cccs3)CC2)cc1C. The van der Waals surface area contributed by atoms with Gasteiger partial charge in [0.1, 0.15) is 0 Å². The minimum absolute atomic E-state index is 0.258. The van der Waals surface area contributed by atoms with Gasteiger partial charge in [0.05, 0.1) is 5.75 Å². The van der Waals surface area contributed by atoms with Crippen LogP contribution in [-0.4, -0.2) is 47.6 Å². The molecular weight excluding hydrogens is 336 g/mol. The Labute approximate surface area is 152 Å². The van der Waals surface area contributed by atoms with Crippen molar-refractivity contribution in [2.24, 2.45) is 0 Å². The summed E-state index contributed by atoms with van der Waals surface area (Å²) in [6.45, 7) is 8.88. The van der Waals surface area contributed by atoms with Gasteiger partial charge in [0.2, 0.25) is 5.91 Å². The lowest BCUT2D eigenvalue weighted by Gasteiger charge is -2.34. The molecule has 2 aromatic rings. The molecule has 1 saturated heterocycles. The minimum Gasteiger partial charge on any atom is -0.339 e. The van der Waals surface area contributed by atoms with Gasteiger partial charge in [-0.1, -0.05) is 12.1 Å². The number of rotatable bonds is 5. The molecule has 24 heavy (non-hydrogen) atoms. The van der Waals surface area contributed by atoms with Crippen LogP contribution in [0.15, 0.2) is 40.6 Å². The van der Waals surface area contributed by atoms with Gasteiger partial charge in [0, 0.05) is 42.5 Å². The van der Waals surface area contributed by atoms with E-state index < -0.39 is 0 Å². The zero-order valence-electron chi connectivity index (χ0n) is 14.3. The van der Waals surface area contributed by atoms with E-state index in [4.69, 9.17) is 0 Å². The lowest BCUT2D eigenvalue weighted by molar-refractivity contribution is -0.130. The molecule has 1 aromatic heterocycles. The fraction of sp³-hybridized carbons (Fsp3) is 0.421.